The van der Waals surface area contributed by atoms with Crippen LogP contribution in [0.5, 0.6) is 11.5 Å². The lowest BCUT2D eigenvalue weighted by atomic mass is 9.95. The summed E-state index contributed by atoms with van der Waals surface area (Å²) in [7, 11) is 0. The number of ether oxygens (including phenoxy) is 2. The summed E-state index contributed by atoms with van der Waals surface area (Å²) < 4.78 is 12.6. The summed E-state index contributed by atoms with van der Waals surface area (Å²) in [6, 6.07) is 9.08. The average molecular weight is 378 g/mol. The molecule has 0 aromatic heterocycles. The molecule has 2 saturated heterocycles. The van der Waals surface area contributed by atoms with Gasteiger partial charge in [-0.1, -0.05) is 0 Å². The van der Waals surface area contributed by atoms with Gasteiger partial charge in [0.15, 0.2) is 11.5 Å². The standard InChI is InChI=1S/C22H26N4O2/c23-15-5-7-17-21(27-11-13-3-1-9-25(13)17)19(15)20-16(24)6-8-18-22(20)28-12-14-4-2-10-26(14)18/h5-8,13-14H,1-4,9-12,23-24H2/t13-,14?/m0/s1. The molecule has 2 aromatic rings. The number of rotatable bonds is 1. The molecular weight excluding hydrogens is 352 g/mol. The van der Waals surface area contributed by atoms with Gasteiger partial charge in [0.1, 0.15) is 13.2 Å². The lowest BCUT2D eigenvalue weighted by Gasteiger charge is -2.37. The maximum Gasteiger partial charge on any atom is 0.152 e. The van der Waals surface area contributed by atoms with Gasteiger partial charge in [0.25, 0.3) is 0 Å². The van der Waals surface area contributed by atoms with Crippen LogP contribution < -0.4 is 30.7 Å². The van der Waals surface area contributed by atoms with Crippen molar-refractivity contribution in [3.8, 4) is 22.6 Å². The molecule has 6 nitrogen and oxygen atoms in total. The number of fused-ring (bicyclic) bond motifs is 6. The number of hydrogen-bond donors (Lipinski definition) is 2. The summed E-state index contributed by atoms with van der Waals surface area (Å²) in [4.78, 5) is 4.93. The zero-order valence-electron chi connectivity index (χ0n) is 16.0. The number of hydrogen-bond acceptors (Lipinski definition) is 6. The topological polar surface area (TPSA) is 77.0 Å². The number of anilines is 4. The number of nitrogens with two attached hydrogens (primary N) is 2. The Morgan fingerprint density at radius 3 is 1.64 bits per heavy atom. The van der Waals surface area contributed by atoms with Gasteiger partial charge in [-0.3, -0.25) is 0 Å². The molecule has 6 rings (SSSR count). The maximum atomic E-state index is 6.50. The van der Waals surface area contributed by atoms with Crippen molar-refractivity contribution in [3.63, 3.8) is 0 Å². The van der Waals surface area contributed by atoms with E-state index in [1.54, 1.807) is 0 Å². The number of benzene rings is 2. The van der Waals surface area contributed by atoms with Crippen molar-refractivity contribution >= 4 is 22.7 Å². The summed E-state index contributed by atoms with van der Waals surface area (Å²) >= 11 is 0. The van der Waals surface area contributed by atoms with Crippen LogP contribution >= 0.6 is 0 Å². The predicted octanol–water partition coefficient (Wildman–Crippen LogP) is 3.24. The highest BCUT2D eigenvalue weighted by Crippen LogP contribution is 2.54. The molecule has 146 valence electrons. The third kappa shape index (κ3) is 2.14. The fraction of sp³-hybridized carbons (Fsp3) is 0.455. The molecule has 4 heterocycles. The second-order valence-electron chi connectivity index (χ2n) is 8.36. The molecule has 0 aliphatic carbocycles. The van der Waals surface area contributed by atoms with Gasteiger partial charge in [0.05, 0.1) is 34.6 Å². The van der Waals surface area contributed by atoms with Crippen LogP contribution in [-0.4, -0.2) is 38.4 Å². The lowest BCUT2D eigenvalue weighted by Crippen LogP contribution is -2.39. The van der Waals surface area contributed by atoms with E-state index in [9.17, 15) is 0 Å². The minimum absolute atomic E-state index is 0.465. The Morgan fingerprint density at radius 2 is 1.18 bits per heavy atom. The van der Waals surface area contributed by atoms with Gasteiger partial charge in [0, 0.05) is 24.5 Å². The van der Waals surface area contributed by atoms with Crippen LogP contribution in [0.25, 0.3) is 11.1 Å². The van der Waals surface area contributed by atoms with Crippen LogP contribution in [0.3, 0.4) is 0 Å². The minimum atomic E-state index is 0.465. The normalized spacial score (nSPS) is 24.7. The Bertz CT molecular complexity index is 883. The summed E-state index contributed by atoms with van der Waals surface area (Å²) in [6.45, 7) is 3.54. The van der Waals surface area contributed by atoms with Gasteiger partial charge in [-0.25, -0.2) is 0 Å². The fourth-order valence-electron chi connectivity index (χ4n) is 5.45. The molecule has 0 bridgehead atoms. The molecule has 2 aromatic carbocycles. The van der Waals surface area contributed by atoms with Crippen LogP contribution in [0.4, 0.5) is 22.7 Å². The fourth-order valence-corrected chi connectivity index (χ4v) is 5.45. The number of nitrogen functional groups attached to an aromatic ring is 2. The Kier molecular flexibility index (Phi) is 3.40. The minimum Gasteiger partial charge on any atom is -0.489 e. The van der Waals surface area contributed by atoms with E-state index in [1.165, 1.54) is 25.7 Å². The molecule has 0 amide bonds. The molecular formula is C22H26N4O2. The van der Waals surface area contributed by atoms with Crippen molar-refractivity contribution in [1.29, 1.82) is 0 Å². The third-order valence-electron chi connectivity index (χ3n) is 6.80. The van der Waals surface area contributed by atoms with Gasteiger partial charge in [-0.2, -0.15) is 0 Å². The van der Waals surface area contributed by atoms with E-state index in [0.29, 0.717) is 36.7 Å². The molecule has 0 spiro atoms. The Hall–Kier alpha value is -2.76. The van der Waals surface area contributed by atoms with Gasteiger partial charge in [-0.15, -0.1) is 0 Å². The Labute approximate surface area is 165 Å². The van der Waals surface area contributed by atoms with Crippen molar-refractivity contribution in [1.82, 2.24) is 0 Å². The largest absolute Gasteiger partial charge is 0.489 e. The van der Waals surface area contributed by atoms with E-state index in [1.807, 2.05) is 12.1 Å². The van der Waals surface area contributed by atoms with Crippen LogP contribution in [0.15, 0.2) is 24.3 Å². The van der Waals surface area contributed by atoms with Gasteiger partial charge < -0.3 is 30.7 Å². The van der Waals surface area contributed by atoms with Crippen LogP contribution in [0.2, 0.25) is 0 Å². The Morgan fingerprint density at radius 1 is 0.714 bits per heavy atom. The zero-order chi connectivity index (χ0) is 18.8. The van der Waals surface area contributed by atoms with Crippen molar-refractivity contribution in [2.75, 3.05) is 47.6 Å². The average Bonchev–Trinajstić information content (AvgIpc) is 3.37. The van der Waals surface area contributed by atoms with E-state index < -0.39 is 0 Å². The highest BCUT2D eigenvalue weighted by Gasteiger charge is 2.37. The first-order valence-corrected chi connectivity index (χ1v) is 10.4. The molecule has 4 aliphatic heterocycles. The molecule has 2 atom stereocenters. The molecule has 0 saturated carbocycles. The van der Waals surface area contributed by atoms with Crippen LogP contribution in [0, 0.1) is 0 Å². The Balaban J connectivity index is 1.56. The van der Waals surface area contributed by atoms with Crippen molar-refractivity contribution in [2.24, 2.45) is 0 Å². The van der Waals surface area contributed by atoms with Crippen molar-refractivity contribution in [2.45, 2.75) is 37.8 Å². The summed E-state index contributed by atoms with van der Waals surface area (Å²) in [5, 5.41) is 0. The van der Waals surface area contributed by atoms with E-state index in [4.69, 9.17) is 20.9 Å². The second-order valence-corrected chi connectivity index (χ2v) is 8.36. The van der Waals surface area contributed by atoms with Gasteiger partial charge in [-0.05, 0) is 49.9 Å². The highest BCUT2D eigenvalue weighted by atomic mass is 16.5. The maximum absolute atomic E-state index is 6.50. The summed E-state index contributed by atoms with van der Waals surface area (Å²) in [5.41, 5.74) is 18.4. The smallest absolute Gasteiger partial charge is 0.152 e. The predicted molar refractivity (Wildman–Crippen MR) is 112 cm³/mol. The first-order chi connectivity index (χ1) is 13.7. The third-order valence-corrected chi connectivity index (χ3v) is 6.80. The first-order valence-electron chi connectivity index (χ1n) is 10.4. The lowest BCUT2D eigenvalue weighted by molar-refractivity contribution is 0.269. The summed E-state index contributed by atoms with van der Waals surface area (Å²) in [6.07, 6.45) is 4.77. The SMILES string of the molecule is Nc1ccc2c(c1-c1c(N)ccc3c1OC[C@@H]1CCCN31)OCC1CCCN21. The molecule has 4 N–H and O–H groups in total. The molecule has 28 heavy (non-hydrogen) atoms. The van der Waals surface area contributed by atoms with Crippen molar-refractivity contribution in [3.05, 3.63) is 24.3 Å². The highest BCUT2D eigenvalue weighted by molar-refractivity contribution is 5.98. The van der Waals surface area contributed by atoms with Crippen LogP contribution in [0.1, 0.15) is 25.7 Å². The molecule has 0 radical (unpaired) electrons. The van der Waals surface area contributed by atoms with E-state index >= 15 is 0 Å². The van der Waals surface area contributed by atoms with E-state index in [2.05, 4.69) is 21.9 Å². The van der Waals surface area contributed by atoms with E-state index in [-0.39, 0.29) is 0 Å². The number of nitrogens with zero attached hydrogens (tertiary/aromatic N) is 2. The zero-order valence-corrected chi connectivity index (χ0v) is 16.0. The van der Waals surface area contributed by atoms with Gasteiger partial charge in [0.2, 0.25) is 0 Å². The second kappa shape index (κ2) is 5.87. The molecule has 1 unspecified atom stereocenters. The molecule has 2 fully saturated rings. The van der Waals surface area contributed by atoms with Crippen LogP contribution in [-0.2, 0) is 0 Å². The quantitative estimate of drug-likeness (QED) is 0.742. The van der Waals surface area contributed by atoms with Crippen molar-refractivity contribution < 1.29 is 9.47 Å². The van der Waals surface area contributed by atoms with E-state index in [0.717, 1.165) is 47.1 Å². The molecule has 4 aliphatic rings. The monoisotopic (exact) mass is 378 g/mol. The molecule has 6 heteroatoms. The van der Waals surface area contributed by atoms with Gasteiger partial charge >= 0.3 is 0 Å². The first kappa shape index (κ1) is 16.2. The summed E-state index contributed by atoms with van der Waals surface area (Å²) in [5.74, 6) is 1.70.